The summed E-state index contributed by atoms with van der Waals surface area (Å²) in [6.07, 6.45) is 0. The smallest absolute Gasteiger partial charge is 0.260 e. The Balaban J connectivity index is 0.737. The molecular formula is C84H57BN2O4. The summed E-state index contributed by atoms with van der Waals surface area (Å²) in [4.78, 5) is 4.81. The van der Waals surface area contributed by atoms with Gasteiger partial charge in [-0.1, -0.05) is 216 Å². The van der Waals surface area contributed by atoms with Gasteiger partial charge in [0.15, 0.2) is 11.2 Å². The molecule has 6 nitrogen and oxygen atoms in total. The predicted molar refractivity (Wildman–Crippen MR) is 374 cm³/mol. The molecule has 91 heavy (non-hydrogen) atoms. The van der Waals surface area contributed by atoms with Crippen LogP contribution in [0.2, 0.25) is 0 Å². The van der Waals surface area contributed by atoms with Gasteiger partial charge in [-0.15, -0.1) is 0 Å². The second-order valence-corrected chi connectivity index (χ2v) is 25.8. The molecule has 430 valence electrons. The Labute approximate surface area is 527 Å². The number of ether oxygens (including phenoxy) is 2. The summed E-state index contributed by atoms with van der Waals surface area (Å²) >= 11 is 0. The van der Waals surface area contributed by atoms with E-state index in [1.54, 1.807) is 0 Å². The average Bonchev–Trinajstić information content (AvgIpc) is 1.55. The van der Waals surface area contributed by atoms with Crippen molar-refractivity contribution in [2.45, 2.75) is 38.5 Å². The van der Waals surface area contributed by atoms with Crippen LogP contribution in [0.3, 0.4) is 0 Å². The van der Waals surface area contributed by atoms with Crippen LogP contribution in [0.1, 0.15) is 49.9 Å². The third-order valence-corrected chi connectivity index (χ3v) is 20.2. The monoisotopic (exact) mass is 1170 g/mol. The molecule has 0 spiro atoms. The van der Waals surface area contributed by atoms with Crippen LogP contribution in [0.4, 0.5) is 34.1 Å². The van der Waals surface area contributed by atoms with Crippen molar-refractivity contribution in [3.8, 4) is 67.5 Å². The van der Waals surface area contributed by atoms with Gasteiger partial charge < -0.3 is 28.1 Å². The maximum Gasteiger partial charge on any atom is 0.260 e. The SMILES string of the molecule is CC1(C)c2cc(N(c3ccccc3-c3ccccc3)c3cccc4c3oc3ccccc34)ccc2-c2cc3c(cc21)B1c2cc4c(cc2Oc2cccc(c21)O3)-c1ccc(N(c2ccccc2-c2ccccc2)c2cccc3c2oc2ccccc23)cc1C4(C)C. The van der Waals surface area contributed by atoms with Gasteiger partial charge in [-0.05, 0) is 151 Å². The second-order valence-electron chi connectivity index (χ2n) is 25.8. The van der Waals surface area contributed by atoms with Gasteiger partial charge in [0.1, 0.15) is 34.2 Å². The molecule has 7 heteroatoms. The van der Waals surface area contributed by atoms with Crippen molar-refractivity contribution in [2.75, 3.05) is 9.80 Å². The Morgan fingerprint density at radius 3 is 1.15 bits per heavy atom. The molecule has 0 atom stereocenters. The van der Waals surface area contributed by atoms with Crippen LogP contribution in [0.5, 0.6) is 23.0 Å². The van der Waals surface area contributed by atoms with E-state index in [1.165, 1.54) is 44.5 Å². The van der Waals surface area contributed by atoms with Crippen molar-refractivity contribution in [1.82, 2.24) is 0 Å². The molecule has 0 saturated carbocycles. The molecule has 2 aliphatic carbocycles. The van der Waals surface area contributed by atoms with Crippen LogP contribution in [0.25, 0.3) is 88.4 Å². The number of fused-ring (bicyclic) bond motifs is 16. The highest BCUT2D eigenvalue weighted by molar-refractivity contribution is 6.98. The topological polar surface area (TPSA) is 51.2 Å². The third kappa shape index (κ3) is 7.49. The predicted octanol–water partition coefficient (Wildman–Crippen LogP) is 21.1. The number of para-hydroxylation sites is 6. The van der Waals surface area contributed by atoms with Crippen LogP contribution >= 0.6 is 0 Å². The third-order valence-electron chi connectivity index (χ3n) is 20.2. The number of rotatable bonds is 8. The van der Waals surface area contributed by atoms with Gasteiger partial charge >= 0.3 is 0 Å². The Morgan fingerprint density at radius 2 is 0.681 bits per heavy atom. The van der Waals surface area contributed by atoms with E-state index in [4.69, 9.17) is 18.3 Å². The van der Waals surface area contributed by atoms with E-state index in [2.05, 4.69) is 298 Å². The van der Waals surface area contributed by atoms with E-state index < -0.39 is 10.8 Å². The van der Waals surface area contributed by atoms with Crippen molar-refractivity contribution in [1.29, 1.82) is 0 Å². The van der Waals surface area contributed by atoms with Crippen LogP contribution < -0.4 is 35.7 Å². The molecule has 0 saturated heterocycles. The lowest BCUT2D eigenvalue weighted by atomic mass is 9.34. The minimum atomic E-state index is -0.399. The Morgan fingerprint density at radius 1 is 0.297 bits per heavy atom. The number of nitrogens with zero attached hydrogens (tertiary/aromatic N) is 2. The summed E-state index contributed by atoms with van der Waals surface area (Å²) in [6, 6.07) is 98.5. The molecule has 0 amide bonds. The quantitative estimate of drug-likeness (QED) is 0.141. The molecule has 4 heterocycles. The lowest BCUT2D eigenvalue weighted by Crippen LogP contribution is -2.57. The number of anilines is 6. The van der Waals surface area contributed by atoms with Gasteiger partial charge in [0.25, 0.3) is 6.71 Å². The Hall–Kier alpha value is -11.3. The van der Waals surface area contributed by atoms with E-state index in [0.717, 1.165) is 140 Å². The standard InChI is InChI=1S/C84H57BN2O4/c1-83(2)64-44-52(86(70-32-15-11-26-54(70)50-22-7-5-8-23-50)72-34-19-30-60-58-28-13-17-36-74(58)90-81(60)72)40-42-56(64)62-46-78-68(48-66(62)83)85-69-49-67-63(47-79(69)89-77-39-21-38-76(88-78)80(77)85)57-43-41-53(45-65(57)84(67,3)4)87(71-33-16-12-27-55(71)51-24-9-6-10-25-51)73-35-20-31-61-59-29-14-18-37-75(59)91-82(61)73/h5-49H,1-4H3. The molecule has 2 aliphatic heterocycles. The van der Waals surface area contributed by atoms with E-state index in [-0.39, 0.29) is 6.71 Å². The molecular weight excluding hydrogens is 1110 g/mol. The zero-order valence-corrected chi connectivity index (χ0v) is 50.6. The minimum Gasteiger partial charge on any atom is -0.458 e. The van der Waals surface area contributed by atoms with Crippen LogP contribution in [0, 0.1) is 0 Å². The molecule has 13 aromatic carbocycles. The first-order valence-corrected chi connectivity index (χ1v) is 31.5. The van der Waals surface area contributed by atoms with Gasteiger partial charge in [0.2, 0.25) is 0 Å². The Bertz CT molecular complexity index is 5240. The second kappa shape index (κ2) is 19.1. The van der Waals surface area contributed by atoms with Gasteiger partial charge in [-0.2, -0.15) is 0 Å². The van der Waals surface area contributed by atoms with Crippen LogP contribution in [0.15, 0.2) is 282 Å². The van der Waals surface area contributed by atoms with Crippen molar-refractivity contribution in [3.63, 3.8) is 0 Å². The molecule has 0 fully saturated rings. The van der Waals surface area contributed by atoms with Crippen molar-refractivity contribution in [3.05, 3.63) is 295 Å². The van der Waals surface area contributed by atoms with E-state index in [9.17, 15) is 0 Å². The number of hydrogen-bond donors (Lipinski definition) is 0. The van der Waals surface area contributed by atoms with Gasteiger partial charge in [-0.25, -0.2) is 0 Å². The highest BCUT2D eigenvalue weighted by atomic mass is 16.5. The fourth-order valence-electron chi connectivity index (χ4n) is 15.8. The van der Waals surface area contributed by atoms with Crippen LogP contribution in [-0.4, -0.2) is 6.71 Å². The molecule has 15 aromatic rings. The van der Waals surface area contributed by atoms with Gasteiger partial charge in [0, 0.05) is 60.3 Å². The number of hydrogen-bond acceptors (Lipinski definition) is 6. The Kier molecular flexibility index (Phi) is 10.9. The lowest BCUT2D eigenvalue weighted by Gasteiger charge is -2.35. The van der Waals surface area contributed by atoms with E-state index in [1.807, 2.05) is 12.1 Å². The lowest BCUT2D eigenvalue weighted by molar-refractivity contribution is 0.464. The molecule has 0 bridgehead atoms. The maximum absolute atomic E-state index is 7.11. The highest BCUT2D eigenvalue weighted by Gasteiger charge is 2.46. The summed E-state index contributed by atoms with van der Waals surface area (Å²) in [5.41, 5.74) is 26.5. The number of furan rings is 2. The fraction of sp³-hybridized carbons (Fsp3) is 0.0714. The first-order chi connectivity index (χ1) is 44.6. The van der Waals surface area contributed by atoms with E-state index >= 15 is 0 Å². The summed E-state index contributed by atoms with van der Waals surface area (Å²) in [5.74, 6) is 3.38. The summed E-state index contributed by atoms with van der Waals surface area (Å²) in [7, 11) is 0. The average molecular weight is 1170 g/mol. The summed E-state index contributed by atoms with van der Waals surface area (Å²) in [6.45, 7) is 9.39. The van der Waals surface area contributed by atoms with Crippen LogP contribution in [-0.2, 0) is 10.8 Å². The largest absolute Gasteiger partial charge is 0.458 e. The maximum atomic E-state index is 7.11. The summed E-state index contributed by atoms with van der Waals surface area (Å²) < 4.78 is 27.9. The van der Waals surface area contributed by atoms with Gasteiger partial charge in [-0.3, -0.25) is 0 Å². The molecule has 2 aromatic heterocycles. The number of benzene rings is 13. The first-order valence-electron chi connectivity index (χ1n) is 31.5. The fourth-order valence-corrected chi connectivity index (χ4v) is 15.8. The minimum absolute atomic E-state index is 0.150. The zero-order valence-electron chi connectivity index (χ0n) is 50.6. The van der Waals surface area contributed by atoms with Crippen molar-refractivity contribution in [2.24, 2.45) is 0 Å². The molecule has 19 rings (SSSR count). The molecule has 0 radical (unpaired) electrons. The zero-order chi connectivity index (χ0) is 60.4. The molecule has 0 unspecified atom stereocenters. The molecule has 0 N–H and O–H groups in total. The molecule has 4 aliphatic rings. The first kappa shape index (κ1) is 51.7. The van der Waals surface area contributed by atoms with E-state index in [0.29, 0.717) is 0 Å². The summed E-state index contributed by atoms with van der Waals surface area (Å²) in [5, 5.41) is 4.36. The van der Waals surface area contributed by atoms with Gasteiger partial charge in [0.05, 0.1) is 22.7 Å². The van der Waals surface area contributed by atoms with Crippen molar-refractivity contribution < 1.29 is 18.3 Å². The normalized spacial score (nSPS) is 14.0. The highest BCUT2D eigenvalue weighted by Crippen LogP contribution is 2.56. The van der Waals surface area contributed by atoms with Crippen molar-refractivity contribution >= 4 is 101 Å².